The molecule has 0 saturated carbocycles. The smallest absolute Gasteiger partial charge is 0.0170 e. The van der Waals surface area contributed by atoms with E-state index in [2.05, 4.69) is 77.0 Å². The molecule has 0 nitrogen and oxygen atoms in total. The molecule has 4 rings (SSSR count). The van der Waals surface area contributed by atoms with E-state index in [1.54, 1.807) is 0 Å². The number of aryl methyl sites for hydroxylation is 4. The van der Waals surface area contributed by atoms with Crippen molar-refractivity contribution in [2.45, 2.75) is 34.1 Å². The van der Waals surface area contributed by atoms with Gasteiger partial charge in [0, 0.05) is 12.8 Å². The fourth-order valence-electron chi connectivity index (χ4n) is 3.74. The SMILES string of the molecule is Cc1ccc(C)c2c1[CH]C(CC1=Cc3c(C)ccc(C)c3[CH]1)=C2. The van der Waals surface area contributed by atoms with Gasteiger partial charge in [-0.25, -0.2) is 0 Å². The van der Waals surface area contributed by atoms with E-state index in [0.29, 0.717) is 0 Å². The summed E-state index contributed by atoms with van der Waals surface area (Å²) in [5, 5.41) is 0. The Morgan fingerprint density at radius 3 is 1.22 bits per heavy atom. The highest BCUT2D eigenvalue weighted by molar-refractivity contribution is 5.77. The molecule has 2 aliphatic rings. The van der Waals surface area contributed by atoms with Crippen LogP contribution in [0.25, 0.3) is 12.2 Å². The third kappa shape index (κ3) is 2.37. The molecule has 0 saturated heterocycles. The van der Waals surface area contributed by atoms with Crippen molar-refractivity contribution in [1.29, 1.82) is 0 Å². The van der Waals surface area contributed by atoms with Crippen molar-refractivity contribution in [3.63, 3.8) is 0 Å². The first kappa shape index (κ1) is 14.5. The van der Waals surface area contributed by atoms with E-state index in [1.165, 1.54) is 55.7 Å². The van der Waals surface area contributed by atoms with E-state index in [4.69, 9.17) is 0 Å². The summed E-state index contributed by atoms with van der Waals surface area (Å²) in [4.78, 5) is 0. The normalized spacial score (nSPS) is 15.3. The maximum atomic E-state index is 2.37. The van der Waals surface area contributed by atoms with E-state index < -0.39 is 0 Å². The minimum atomic E-state index is 1.01. The molecule has 23 heavy (non-hydrogen) atoms. The lowest BCUT2D eigenvalue weighted by molar-refractivity contribution is 1.17. The number of rotatable bonds is 2. The maximum absolute atomic E-state index is 2.37. The molecular weight excluding hydrogens is 276 g/mol. The first-order valence-electron chi connectivity index (χ1n) is 8.34. The van der Waals surface area contributed by atoms with Crippen molar-refractivity contribution in [3.8, 4) is 0 Å². The molecule has 2 aliphatic carbocycles. The van der Waals surface area contributed by atoms with Crippen LogP contribution in [0.4, 0.5) is 0 Å². The van der Waals surface area contributed by atoms with Crippen molar-refractivity contribution in [3.05, 3.63) is 92.8 Å². The van der Waals surface area contributed by atoms with Gasteiger partial charge < -0.3 is 0 Å². The highest BCUT2D eigenvalue weighted by Crippen LogP contribution is 2.39. The Morgan fingerprint density at radius 2 is 0.870 bits per heavy atom. The average molecular weight is 298 g/mol. The molecule has 0 spiro atoms. The summed E-state index contributed by atoms with van der Waals surface area (Å²) in [7, 11) is 0. The van der Waals surface area contributed by atoms with Crippen LogP contribution in [0.3, 0.4) is 0 Å². The van der Waals surface area contributed by atoms with E-state index in [-0.39, 0.29) is 0 Å². The number of benzene rings is 2. The predicted octanol–water partition coefficient (Wildman–Crippen LogP) is 5.91. The Bertz CT molecular complexity index is 802. The van der Waals surface area contributed by atoms with Gasteiger partial charge in [-0.1, -0.05) is 47.6 Å². The summed E-state index contributed by atoms with van der Waals surface area (Å²) in [5.74, 6) is 0. The fourth-order valence-corrected chi connectivity index (χ4v) is 3.74. The van der Waals surface area contributed by atoms with Gasteiger partial charge in [0.05, 0.1) is 0 Å². The largest absolute Gasteiger partial charge is 0.0587 e. The number of hydrogen-bond acceptors (Lipinski definition) is 0. The molecule has 0 aromatic heterocycles. The molecule has 114 valence electrons. The molecule has 0 fully saturated rings. The summed E-state index contributed by atoms with van der Waals surface area (Å²) in [6, 6.07) is 8.91. The van der Waals surface area contributed by atoms with Gasteiger partial charge in [0.25, 0.3) is 0 Å². The van der Waals surface area contributed by atoms with Crippen LogP contribution >= 0.6 is 0 Å². The molecule has 0 aliphatic heterocycles. The molecule has 0 heterocycles. The first-order valence-corrected chi connectivity index (χ1v) is 8.34. The molecule has 0 heteroatoms. The number of hydrogen-bond donors (Lipinski definition) is 0. The predicted molar refractivity (Wildman–Crippen MR) is 99.2 cm³/mol. The van der Waals surface area contributed by atoms with Crippen molar-refractivity contribution in [2.24, 2.45) is 0 Å². The van der Waals surface area contributed by atoms with Gasteiger partial charge >= 0.3 is 0 Å². The molecule has 2 radical (unpaired) electrons. The maximum Gasteiger partial charge on any atom is 0.0170 e. The lowest BCUT2D eigenvalue weighted by atomic mass is 9.97. The van der Waals surface area contributed by atoms with Crippen molar-refractivity contribution >= 4 is 12.2 Å². The van der Waals surface area contributed by atoms with Crippen LogP contribution in [0.15, 0.2) is 35.4 Å². The number of allylic oxidation sites excluding steroid dienone is 2. The zero-order chi connectivity index (χ0) is 16.1. The zero-order valence-electron chi connectivity index (χ0n) is 14.3. The van der Waals surface area contributed by atoms with Crippen molar-refractivity contribution in [2.75, 3.05) is 0 Å². The van der Waals surface area contributed by atoms with Crippen LogP contribution in [0, 0.1) is 40.5 Å². The van der Waals surface area contributed by atoms with Crippen LogP contribution in [0.1, 0.15) is 50.9 Å². The highest BCUT2D eigenvalue weighted by atomic mass is 14.3. The Hall–Kier alpha value is -2.08. The molecule has 0 bridgehead atoms. The van der Waals surface area contributed by atoms with Gasteiger partial charge in [0.15, 0.2) is 0 Å². The Kier molecular flexibility index (Phi) is 3.30. The quantitative estimate of drug-likeness (QED) is 0.646. The van der Waals surface area contributed by atoms with Gasteiger partial charge in [0.2, 0.25) is 0 Å². The summed E-state index contributed by atoms with van der Waals surface area (Å²) in [6.07, 6.45) is 10.5. The van der Waals surface area contributed by atoms with Crippen LogP contribution in [0.2, 0.25) is 0 Å². The third-order valence-electron chi connectivity index (χ3n) is 5.17. The topological polar surface area (TPSA) is 0 Å². The lowest BCUT2D eigenvalue weighted by Gasteiger charge is -2.07. The van der Waals surface area contributed by atoms with E-state index >= 15 is 0 Å². The van der Waals surface area contributed by atoms with E-state index in [1.807, 2.05) is 0 Å². The molecule has 0 N–H and O–H groups in total. The van der Waals surface area contributed by atoms with Gasteiger partial charge in [-0.05, 0) is 78.6 Å². The second-order valence-electron chi connectivity index (χ2n) is 6.96. The van der Waals surface area contributed by atoms with Crippen LogP contribution in [-0.2, 0) is 0 Å². The summed E-state index contributed by atoms with van der Waals surface area (Å²) in [5.41, 5.74) is 13.9. The van der Waals surface area contributed by atoms with Crippen LogP contribution < -0.4 is 0 Å². The molecule has 2 aromatic rings. The first-order chi connectivity index (χ1) is 11.0. The second-order valence-corrected chi connectivity index (χ2v) is 6.96. The summed E-state index contributed by atoms with van der Waals surface area (Å²) < 4.78 is 0. The van der Waals surface area contributed by atoms with Gasteiger partial charge in [0.1, 0.15) is 0 Å². The fraction of sp³-hybridized carbons (Fsp3) is 0.217. The standard InChI is InChI=1S/C23H22/c1-14-5-6-15(2)21-11-18(10-20(14)21)9-19-12-22-16(3)7-8-17(4)23(22)13-19/h5-8,10-13H,9H2,1-4H3. The minimum absolute atomic E-state index is 1.01. The Balaban J connectivity index is 1.60. The van der Waals surface area contributed by atoms with Gasteiger partial charge in [-0.15, -0.1) is 0 Å². The minimum Gasteiger partial charge on any atom is -0.0587 e. The van der Waals surface area contributed by atoms with Gasteiger partial charge in [-0.3, -0.25) is 0 Å². The molecule has 2 aromatic carbocycles. The third-order valence-corrected chi connectivity index (χ3v) is 5.17. The van der Waals surface area contributed by atoms with Gasteiger partial charge in [-0.2, -0.15) is 0 Å². The Labute approximate surface area is 139 Å². The average Bonchev–Trinajstić information content (AvgIpc) is 3.13. The Morgan fingerprint density at radius 1 is 0.522 bits per heavy atom. The zero-order valence-corrected chi connectivity index (χ0v) is 14.3. The number of fused-ring (bicyclic) bond motifs is 2. The van der Waals surface area contributed by atoms with Crippen LogP contribution in [-0.4, -0.2) is 0 Å². The summed E-state index contributed by atoms with van der Waals surface area (Å²) in [6.45, 7) is 8.81. The lowest BCUT2D eigenvalue weighted by Crippen LogP contribution is -1.91. The molecule has 0 atom stereocenters. The second kappa shape index (κ2) is 5.23. The highest BCUT2D eigenvalue weighted by Gasteiger charge is 2.21. The summed E-state index contributed by atoms with van der Waals surface area (Å²) >= 11 is 0. The van der Waals surface area contributed by atoms with E-state index in [9.17, 15) is 0 Å². The molecule has 0 amide bonds. The van der Waals surface area contributed by atoms with Crippen molar-refractivity contribution in [1.82, 2.24) is 0 Å². The molecular formula is C23H22. The van der Waals surface area contributed by atoms with Crippen LogP contribution in [0.5, 0.6) is 0 Å². The van der Waals surface area contributed by atoms with Crippen molar-refractivity contribution < 1.29 is 0 Å². The molecule has 0 unspecified atom stereocenters. The van der Waals surface area contributed by atoms with E-state index in [0.717, 1.165) is 6.42 Å². The monoisotopic (exact) mass is 298 g/mol.